The highest BCUT2D eigenvalue weighted by atomic mass is 16.5. The van der Waals surface area contributed by atoms with Crippen LogP contribution < -0.4 is 10.1 Å². The van der Waals surface area contributed by atoms with Crippen LogP contribution in [0.3, 0.4) is 0 Å². The van der Waals surface area contributed by atoms with Crippen molar-refractivity contribution in [2.75, 3.05) is 39.8 Å². The average Bonchev–Trinajstić information content (AvgIpc) is 2.73. The van der Waals surface area contributed by atoms with Gasteiger partial charge in [0.1, 0.15) is 5.75 Å². The molecule has 0 spiro atoms. The van der Waals surface area contributed by atoms with Crippen LogP contribution >= 0.6 is 0 Å². The van der Waals surface area contributed by atoms with E-state index in [9.17, 15) is 4.79 Å². The van der Waals surface area contributed by atoms with Crippen molar-refractivity contribution < 1.29 is 9.53 Å². The number of hydrogen-bond acceptors (Lipinski definition) is 4. The number of nitrogens with one attached hydrogen (secondary N) is 1. The van der Waals surface area contributed by atoms with Gasteiger partial charge in [0.15, 0.2) is 0 Å². The number of rotatable bonds is 7. The number of carbonyl (C=O) groups is 1. The summed E-state index contributed by atoms with van der Waals surface area (Å²) >= 11 is 0. The molecule has 27 heavy (non-hydrogen) atoms. The zero-order valence-electron chi connectivity index (χ0n) is 16.3. The van der Waals surface area contributed by atoms with Crippen molar-refractivity contribution in [2.45, 2.75) is 20.0 Å². The molecule has 1 aliphatic heterocycles. The first-order chi connectivity index (χ1) is 13.2. The van der Waals surface area contributed by atoms with E-state index in [1.165, 1.54) is 5.56 Å². The number of amides is 1. The molecule has 3 rings (SSSR count). The maximum Gasteiger partial charge on any atom is 0.251 e. The molecule has 0 bridgehead atoms. The molecule has 1 saturated heterocycles. The Balaban J connectivity index is 1.48. The summed E-state index contributed by atoms with van der Waals surface area (Å²) in [5.74, 6) is 0.596. The van der Waals surface area contributed by atoms with Crippen molar-refractivity contribution in [3.8, 4) is 5.75 Å². The molecule has 1 aliphatic rings. The lowest BCUT2D eigenvalue weighted by Crippen LogP contribution is -2.45. The minimum atomic E-state index is -0.0910. The number of nitrogens with zero attached hydrogens (tertiary/aromatic N) is 2. The molecule has 5 heteroatoms. The molecule has 144 valence electrons. The van der Waals surface area contributed by atoms with E-state index in [1.807, 2.05) is 12.1 Å². The third-order valence-electron chi connectivity index (χ3n) is 5.13. The van der Waals surface area contributed by atoms with Gasteiger partial charge in [-0.1, -0.05) is 37.3 Å². The third kappa shape index (κ3) is 5.55. The predicted molar refractivity (Wildman–Crippen MR) is 108 cm³/mol. The second kappa shape index (κ2) is 9.53. The molecular weight excluding hydrogens is 338 g/mol. The molecule has 0 unspecified atom stereocenters. The minimum Gasteiger partial charge on any atom is -0.497 e. The lowest BCUT2D eigenvalue weighted by Gasteiger charge is -2.34. The van der Waals surface area contributed by atoms with Crippen LogP contribution in [0.2, 0.25) is 0 Å². The van der Waals surface area contributed by atoms with Crippen molar-refractivity contribution in [3.05, 3.63) is 65.2 Å². The van der Waals surface area contributed by atoms with Gasteiger partial charge in [-0.3, -0.25) is 9.69 Å². The van der Waals surface area contributed by atoms with Crippen LogP contribution in [0.5, 0.6) is 5.75 Å². The SMILES string of the molecule is CCN1CCN(Cc2ccc(CNC(=O)c3cccc(OC)c3)cc2)CC1. The van der Waals surface area contributed by atoms with Gasteiger partial charge in [0, 0.05) is 44.8 Å². The minimum absolute atomic E-state index is 0.0910. The molecule has 1 amide bonds. The topological polar surface area (TPSA) is 44.8 Å². The molecule has 1 fully saturated rings. The Kier molecular flexibility index (Phi) is 6.85. The molecule has 1 N–H and O–H groups in total. The second-order valence-electron chi connectivity index (χ2n) is 6.94. The fourth-order valence-corrected chi connectivity index (χ4v) is 3.33. The molecule has 2 aromatic carbocycles. The van der Waals surface area contributed by atoms with Gasteiger partial charge in [-0.2, -0.15) is 0 Å². The zero-order chi connectivity index (χ0) is 19.1. The van der Waals surface area contributed by atoms with Gasteiger partial charge in [0.2, 0.25) is 0 Å². The number of piperazine rings is 1. The third-order valence-corrected chi connectivity index (χ3v) is 5.13. The Labute approximate surface area is 161 Å². The molecule has 5 nitrogen and oxygen atoms in total. The Hall–Kier alpha value is -2.37. The van der Waals surface area contributed by atoms with Crippen LogP contribution in [-0.4, -0.2) is 55.5 Å². The quantitative estimate of drug-likeness (QED) is 0.817. The second-order valence-corrected chi connectivity index (χ2v) is 6.94. The fourth-order valence-electron chi connectivity index (χ4n) is 3.33. The van der Waals surface area contributed by atoms with Crippen LogP contribution in [-0.2, 0) is 13.1 Å². The fraction of sp³-hybridized carbons (Fsp3) is 0.409. The van der Waals surface area contributed by atoms with Gasteiger partial charge in [-0.15, -0.1) is 0 Å². The number of methoxy groups -OCH3 is 1. The van der Waals surface area contributed by atoms with E-state index in [2.05, 4.69) is 46.3 Å². The van der Waals surface area contributed by atoms with E-state index in [-0.39, 0.29) is 5.91 Å². The standard InChI is InChI=1S/C22H29N3O2/c1-3-24-11-13-25(14-12-24)17-19-9-7-18(8-10-19)16-23-22(26)20-5-4-6-21(15-20)27-2/h4-10,15H,3,11-14,16-17H2,1-2H3,(H,23,26). The van der Waals surface area contributed by atoms with Crippen molar-refractivity contribution in [3.63, 3.8) is 0 Å². The number of hydrogen-bond donors (Lipinski definition) is 1. The van der Waals surface area contributed by atoms with Crippen molar-refractivity contribution >= 4 is 5.91 Å². The Bertz CT molecular complexity index is 737. The summed E-state index contributed by atoms with van der Waals surface area (Å²) in [5, 5.41) is 2.97. The highest BCUT2D eigenvalue weighted by Crippen LogP contribution is 2.13. The Morgan fingerprint density at radius 3 is 2.33 bits per heavy atom. The largest absolute Gasteiger partial charge is 0.497 e. The van der Waals surface area contributed by atoms with Gasteiger partial charge in [-0.25, -0.2) is 0 Å². The first-order valence-corrected chi connectivity index (χ1v) is 9.62. The summed E-state index contributed by atoms with van der Waals surface area (Å²) in [6.07, 6.45) is 0. The predicted octanol–water partition coefficient (Wildman–Crippen LogP) is 2.76. The summed E-state index contributed by atoms with van der Waals surface area (Å²) in [5.41, 5.74) is 3.03. The van der Waals surface area contributed by atoms with Gasteiger partial charge in [0.05, 0.1) is 7.11 Å². The molecule has 0 radical (unpaired) electrons. The van der Waals surface area contributed by atoms with Crippen LogP contribution in [0.1, 0.15) is 28.4 Å². The smallest absolute Gasteiger partial charge is 0.251 e. The maximum atomic E-state index is 12.3. The summed E-state index contributed by atoms with van der Waals surface area (Å²) in [6.45, 7) is 9.46. The van der Waals surface area contributed by atoms with E-state index < -0.39 is 0 Å². The van der Waals surface area contributed by atoms with Crippen molar-refractivity contribution in [1.82, 2.24) is 15.1 Å². The summed E-state index contributed by atoms with van der Waals surface area (Å²) < 4.78 is 5.17. The number of benzene rings is 2. The highest BCUT2D eigenvalue weighted by Gasteiger charge is 2.15. The molecule has 0 aromatic heterocycles. The Morgan fingerprint density at radius 1 is 1.00 bits per heavy atom. The first kappa shape index (κ1) is 19.4. The monoisotopic (exact) mass is 367 g/mol. The van der Waals surface area contributed by atoms with Crippen molar-refractivity contribution in [2.24, 2.45) is 0 Å². The molecular formula is C22H29N3O2. The summed E-state index contributed by atoms with van der Waals surface area (Å²) in [4.78, 5) is 17.3. The highest BCUT2D eigenvalue weighted by molar-refractivity contribution is 5.94. The number of carbonyl (C=O) groups excluding carboxylic acids is 1. The van der Waals surface area contributed by atoms with Crippen molar-refractivity contribution in [1.29, 1.82) is 0 Å². The van der Waals surface area contributed by atoms with Gasteiger partial charge < -0.3 is 15.0 Å². The molecule has 2 aromatic rings. The molecule has 0 atom stereocenters. The number of likely N-dealkylation sites (N-methyl/N-ethyl adjacent to an activating group) is 1. The van der Waals surface area contributed by atoms with E-state index in [4.69, 9.17) is 4.74 Å². The van der Waals surface area contributed by atoms with Crippen LogP contribution in [0.4, 0.5) is 0 Å². The summed E-state index contributed by atoms with van der Waals surface area (Å²) in [7, 11) is 1.60. The maximum absolute atomic E-state index is 12.3. The van der Waals surface area contributed by atoms with Gasteiger partial charge >= 0.3 is 0 Å². The van der Waals surface area contributed by atoms with Gasteiger partial charge in [-0.05, 0) is 35.9 Å². The van der Waals surface area contributed by atoms with Crippen LogP contribution in [0.25, 0.3) is 0 Å². The zero-order valence-corrected chi connectivity index (χ0v) is 16.3. The lowest BCUT2D eigenvalue weighted by molar-refractivity contribution is 0.0950. The van der Waals surface area contributed by atoms with Crippen LogP contribution in [0.15, 0.2) is 48.5 Å². The number of ether oxygens (including phenoxy) is 1. The molecule has 1 heterocycles. The average molecular weight is 367 g/mol. The van der Waals surface area contributed by atoms with E-state index >= 15 is 0 Å². The van der Waals surface area contributed by atoms with E-state index in [0.717, 1.165) is 44.8 Å². The lowest BCUT2D eigenvalue weighted by atomic mass is 10.1. The first-order valence-electron chi connectivity index (χ1n) is 9.62. The van der Waals surface area contributed by atoms with E-state index in [0.29, 0.717) is 17.9 Å². The molecule has 0 aliphatic carbocycles. The Morgan fingerprint density at radius 2 is 1.67 bits per heavy atom. The van der Waals surface area contributed by atoms with E-state index in [1.54, 1.807) is 19.2 Å². The molecule has 0 saturated carbocycles. The summed E-state index contributed by atoms with van der Waals surface area (Å²) in [6, 6.07) is 15.7. The van der Waals surface area contributed by atoms with Gasteiger partial charge in [0.25, 0.3) is 5.91 Å². The van der Waals surface area contributed by atoms with Crippen LogP contribution in [0, 0.1) is 0 Å². The normalized spacial score (nSPS) is 15.5.